The molecule has 0 unspecified atom stereocenters. The van der Waals surface area contributed by atoms with Gasteiger partial charge in [0.05, 0.1) is 0 Å². The summed E-state index contributed by atoms with van der Waals surface area (Å²) < 4.78 is 1.98. The fraction of sp³-hybridized carbons (Fsp3) is 0.391. The summed E-state index contributed by atoms with van der Waals surface area (Å²) in [5.41, 5.74) is 2.87. The van der Waals surface area contributed by atoms with Crippen molar-refractivity contribution in [2.45, 2.75) is 32.7 Å². The number of hydrogen-bond donors (Lipinski definition) is 0. The minimum absolute atomic E-state index is 0.0519. The first-order chi connectivity index (χ1) is 15.1. The normalized spacial score (nSPS) is 16.7. The van der Waals surface area contributed by atoms with Crippen molar-refractivity contribution in [2.24, 2.45) is 0 Å². The van der Waals surface area contributed by atoms with E-state index in [9.17, 15) is 4.79 Å². The van der Waals surface area contributed by atoms with E-state index in [0.717, 1.165) is 18.8 Å². The molecule has 3 aromatic rings. The van der Waals surface area contributed by atoms with Gasteiger partial charge in [-0.05, 0) is 63.1 Å². The van der Waals surface area contributed by atoms with Crippen molar-refractivity contribution in [3.05, 3.63) is 48.8 Å². The molecule has 2 amide bonds. The quantitative estimate of drug-likeness (QED) is 0.628. The SMILES string of the molecule is CC(C)n1cnnc1-c1cccc(N2CCN(c3ccc(N4CCCC4)cc3)C2=O)n1. The van der Waals surface area contributed by atoms with Crippen LogP contribution in [0.2, 0.25) is 0 Å². The number of amides is 2. The van der Waals surface area contributed by atoms with Crippen LogP contribution in [0.15, 0.2) is 48.8 Å². The number of hydrogen-bond acceptors (Lipinski definition) is 5. The zero-order valence-corrected chi connectivity index (χ0v) is 18.0. The smallest absolute Gasteiger partial charge is 0.330 e. The average Bonchev–Trinajstić information content (AvgIpc) is 3.55. The van der Waals surface area contributed by atoms with Crippen molar-refractivity contribution in [3.8, 4) is 11.5 Å². The summed E-state index contributed by atoms with van der Waals surface area (Å²) in [6, 6.07) is 14.2. The summed E-state index contributed by atoms with van der Waals surface area (Å²) >= 11 is 0. The average molecular weight is 418 g/mol. The third-order valence-electron chi connectivity index (χ3n) is 6.01. The second kappa shape index (κ2) is 8.02. The van der Waals surface area contributed by atoms with Gasteiger partial charge in [0.1, 0.15) is 17.8 Å². The minimum atomic E-state index is -0.0519. The van der Waals surface area contributed by atoms with E-state index in [1.165, 1.54) is 18.5 Å². The molecule has 0 saturated carbocycles. The Morgan fingerprint density at radius 1 is 0.871 bits per heavy atom. The van der Waals surface area contributed by atoms with Crippen molar-refractivity contribution in [1.82, 2.24) is 19.7 Å². The maximum atomic E-state index is 13.2. The van der Waals surface area contributed by atoms with E-state index >= 15 is 0 Å². The third-order valence-corrected chi connectivity index (χ3v) is 6.01. The number of urea groups is 1. The molecule has 4 heterocycles. The lowest BCUT2D eigenvalue weighted by atomic mass is 10.2. The van der Waals surface area contributed by atoms with Gasteiger partial charge in [-0.3, -0.25) is 9.80 Å². The van der Waals surface area contributed by atoms with Crippen molar-refractivity contribution in [2.75, 3.05) is 40.9 Å². The number of rotatable bonds is 5. The zero-order chi connectivity index (χ0) is 21.4. The second-order valence-electron chi connectivity index (χ2n) is 8.33. The summed E-state index contributed by atoms with van der Waals surface area (Å²) in [6.07, 6.45) is 4.21. The maximum absolute atomic E-state index is 13.2. The van der Waals surface area contributed by atoms with Gasteiger partial charge < -0.3 is 9.47 Å². The molecular formula is C23H27N7O. The van der Waals surface area contributed by atoms with Crippen molar-refractivity contribution in [3.63, 3.8) is 0 Å². The van der Waals surface area contributed by atoms with E-state index in [1.54, 1.807) is 11.2 Å². The highest BCUT2D eigenvalue weighted by molar-refractivity contribution is 6.05. The first kappa shape index (κ1) is 19.5. The van der Waals surface area contributed by atoms with Crippen LogP contribution in [0.3, 0.4) is 0 Å². The molecule has 0 bridgehead atoms. The number of nitrogens with zero attached hydrogens (tertiary/aromatic N) is 7. The van der Waals surface area contributed by atoms with Crippen molar-refractivity contribution < 1.29 is 4.79 Å². The molecule has 0 N–H and O–H groups in total. The molecule has 0 spiro atoms. The summed E-state index contributed by atoms with van der Waals surface area (Å²) in [5, 5.41) is 8.26. The van der Waals surface area contributed by atoms with Crippen LogP contribution in [0, 0.1) is 0 Å². The predicted octanol–water partition coefficient (Wildman–Crippen LogP) is 3.97. The first-order valence-electron chi connectivity index (χ1n) is 10.9. The van der Waals surface area contributed by atoms with Crippen LogP contribution in [0.5, 0.6) is 0 Å². The molecule has 2 aromatic heterocycles. The van der Waals surface area contributed by atoms with E-state index in [2.05, 4.69) is 41.1 Å². The van der Waals surface area contributed by atoms with Gasteiger partial charge >= 0.3 is 6.03 Å². The Hall–Kier alpha value is -3.42. The van der Waals surface area contributed by atoms with Gasteiger partial charge in [0, 0.05) is 43.6 Å². The summed E-state index contributed by atoms with van der Waals surface area (Å²) in [4.78, 5) is 23.9. The number of carbonyl (C=O) groups is 1. The third kappa shape index (κ3) is 3.62. The van der Waals surface area contributed by atoms with Crippen molar-refractivity contribution in [1.29, 1.82) is 0 Å². The molecule has 1 aromatic carbocycles. The predicted molar refractivity (Wildman–Crippen MR) is 122 cm³/mol. The molecule has 0 atom stereocenters. The fourth-order valence-corrected chi connectivity index (χ4v) is 4.31. The molecular weight excluding hydrogens is 390 g/mol. The van der Waals surface area contributed by atoms with Gasteiger partial charge in [-0.15, -0.1) is 10.2 Å². The topological polar surface area (TPSA) is 70.4 Å². The maximum Gasteiger partial charge on any atom is 0.330 e. The Bertz CT molecular complexity index is 1070. The largest absolute Gasteiger partial charge is 0.372 e. The molecule has 0 aliphatic carbocycles. The van der Waals surface area contributed by atoms with Crippen LogP contribution in [-0.2, 0) is 0 Å². The van der Waals surface area contributed by atoms with Crippen LogP contribution in [-0.4, -0.2) is 52.0 Å². The molecule has 160 valence electrons. The van der Waals surface area contributed by atoms with E-state index < -0.39 is 0 Å². The molecule has 2 aliphatic heterocycles. The van der Waals surface area contributed by atoms with Gasteiger partial charge in [-0.1, -0.05) is 6.07 Å². The van der Waals surface area contributed by atoms with Crippen molar-refractivity contribution >= 4 is 23.2 Å². The molecule has 5 rings (SSSR count). The molecule has 8 nitrogen and oxygen atoms in total. The number of carbonyl (C=O) groups excluding carboxylic acids is 1. The minimum Gasteiger partial charge on any atom is -0.372 e. The number of aromatic nitrogens is 4. The Kier molecular flexibility index (Phi) is 5.05. The number of benzene rings is 1. The fourth-order valence-electron chi connectivity index (χ4n) is 4.31. The van der Waals surface area contributed by atoms with Crippen LogP contribution in [0.25, 0.3) is 11.5 Å². The van der Waals surface area contributed by atoms with Crippen LogP contribution < -0.4 is 14.7 Å². The van der Waals surface area contributed by atoms with Gasteiger partial charge in [0.2, 0.25) is 0 Å². The summed E-state index contributed by atoms with van der Waals surface area (Å²) in [5.74, 6) is 1.34. The lowest BCUT2D eigenvalue weighted by Gasteiger charge is -2.21. The Morgan fingerprint density at radius 2 is 1.58 bits per heavy atom. The van der Waals surface area contributed by atoms with E-state index in [0.29, 0.717) is 30.4 Å². The van der Waals surface area contributed by atoms with E-state index in [1.807, 2.05) is 39.8 Å². The number of anilines is 3. The van der Waals surface area contributed by atoms with Gasteiger partial charge in [-0.25, -0.2) is 9.78 Å². The highest BCUT2D eigenvalue weighted by Crippen LogP contribution is 2.28. The van der Waals surface area contributed by atoms with E-state index in [4.69, 9.17) is 4.98 Å². The van der Waals surface area contributed by atoms with Gasteiger partial charge in [0.25, 0.3) is 0 Å². The van der Waals surface area contributed by atoms with E-state index in [-0.39, 0.29) is 12.1 Å². The second-order valence-corrected chi connectivity index (χ2v) is 8.33. The Balaban J connectivity index is 1.36. The van der Waals surface area contributed by atoms with Gasteiger partial charge in [0.15, 0.2) is 5.82 Å². The molecule has 0 radical (unpaired) electrons. The first-order valence-corrected chi connectivity index (χ1v) is 10.9. The lowest BCUT2D eigenvalue weighted by Crippen LogP contribution is -2.32. The molecule has 2 fully saturated rings. The Labute approximate surface area is 182 Å². The summed E-state index contributed by atoms with van der Waals surface area (Å²) in [6.45, 7) is 7.61. The molecule has 31 heavy (non-hydrogen) atoms. The molecule has 2 saturated heterocycles. The van der Waals surface area contributed by atoms with Gasteiger partial charge in [-0.2, -0.15) is 0 Å². The standard InChI is InChI=1S/C23H27N7O/c1-17(2)30-16-24-26-22(30)20-6-5-7-21(25-20)29-15-14-28(23(29)31)19-10-8-18(9-11-19)27-12-3-4-13-27/h5-11,16-17H,3-4,12-15H2,1-2H3. The highest BCUT2D eigenvalue weighted by atomic mass is 16.2. The molecule has 2 aliphatic rings. The summed E-state index contributed by atoms with van der Waals surface area (Å²) in [7, 11) is 0. The lowest BCUT2D eigenvalue weighted by molar-refractivity contribution is 0.255. The number of pyridine rings is 1. The molecule has 8 heteroatoms. The monoisotopic (exact) mass is 417 g/mol. The Morgan fingerprint density at radius 3 is 2.32 bits per heavy atom. The van der Waals surface area contributed by atoms with Crippen LogP contribution >= 0.6 is 0 Å². The highest BCUT2D eigenvalue weighted by Gasteiger charge is 2.32. The van der Waals surface area contributed by atoms with Crippen LogP contribution in [0.4, 0.5) is 22.0 Å². The zero-order valence-electron chi connectivity index (χ0n) is 18.0. The van der Waals surface area contributed by atoms with Crippen LogP contribution in [0.1, 0.15) is 32.7 Å².